The summed E-state index contributed by atoms with van der Waals surface area (Å²) in [6, 6.07) is 7.79. The van der Waals surface area contributed by atoms with Crippen LogP contribution in [0.25, 0.3) is 0 Å². The van der Waals surface area contributed by atoms with Crippen molar-refractivity contribution < 1.29 is 9.72 Å². The zero-order valence-electron chi connectivity index (χ0n) is 13.0. The molecule has 1 aromatic heterocycles. The number of carbonyl (C=O) groups is 1. The van der Waals surface area contributed by atoms with Crippen molar-refractivity contribution in [2.45, 2.75) is 19.9 Å². The summed E-state index contributed by atoms with van der Waals surface area (Å²) in [6.07, 6.45) is 2.73. The molecule has 0 aliphatic rings. The molecule has 7 heteroatoms. The third kappa shape index (κ3) is 3.90. The lowest BCUT2D eigenvalue weighted by Gasteiger charge is -2.23. The fraction of sp³-hybridized carbons (Fsp3) is 0.312. The summed E-state index contributed by atoms with van der Waals surface area (Å²) >= 11 is 6.07. The van der Waals surface area contributed by atoms with E-state index in [2.05, 4.69) is 0 Å². The number of aromatic nitrogens is 1. The van der Waals surface area contributed by atoms with Crippen molar-refractivity contribution in [3.05, 3.63) is 62.9 Å². The van der Waals surface area contributed by atoms with Crippen molar-refractivity contribution >= 4 is 23.2 Å². The van der Waals surface area contributed by atoms with Crippen LogP contribution >= 0.6 is 11.6 Å². The molecule has 0 aliphatic carbocycles. The van der Waals surface area contributed by atoms with E-state index in [-0.39, 0.29) is 22.2 Å². The summed E-state index contributed by atoms with van der Waals surface area (Å²) in [4.78, 5) is 24.7. The fourth-order valence-corrected chi connectivity index (χ4v) is 2.60. The summed E-state index contributed by atoms with van der Waals surface area (Å²) in [7, 11) is 1.92. The first-order valence-electron chi connectivity index (χ1n) is 7.27. The van der Waals surface area contributed by atoms with E-state index in [4.69, 9.17) is 11.6 Å². The van der Waals surface area contributed by atoms with E-state index in [1.807, 2.05) is 36.9 Å². The first kappa shape index (κ1) is 17.0. The van der Waals surface area contributed by atoms with Crippen LogP contribution in [0.3, 0.4) is 0 Å². The average Bonchev–Trinajstić information content (AvgIpc) is 2.91. The van der Waals surface area contributed by atoms with Crippen LogP contribution in [-0.4, -0.2) is 26.8 Å². The molecule has 23 heavy (non-hydrogen) atoms. The lowest BCUT2D eigenvalue weighted by atomic mass is 10.1. The molecule has 1 heterocycles. The standard InChI is InChI=1S/C16H18ClN3O3/c1-3-8-19(11-13-5-4-9-18(13)2)16(21)14-7-6-12(20(22)23)10-15(14)17/h4-7,9-10H,3,8,11H2,1-2H3. The predicted octanol–water partition coefficient (Wildman–Crippen LogP) is 3.64. The molecule has 0 atom stereocenters. The van der Waals surface area contributed by atoms with Gasteiger partial charge in [-0.2, -0.15) is 0 Å². The minimum atomic E-state index is -0.534. The second kappa shape index (κ2) is 7.28. The topological polar surface area (TPSA) is 68.4 Å². The molecular weight excluding hydrogens is 318 g/mol. The number of benzene rings is 1. The van der Waals surface area contributed by atoms with Gasteiger partial charge in [0.2, 0.25) is 0 Å². The van der Waals surface area contributed by atoms with E-state index in [0.717, 1.165) is 12.1 Å². The molecule has 0 fully saturated rings. The van der Waals surface area contributed by atoms with Gasteiger partial charge in [0.05, 0.1) is 22.1 Å². The van der Waals surface area contributed by atoms with Gasteiger partial charge >= 0.3 is 0 Å². The molecule has 0 saturated carbocycles. The van der Waals surface area contributed by atoms with Gasteiger partial charge in [0, 0.05) is 37.6 Å². The van der Waals surface area contributed by atoms with Crippen molar-refractivity contribution in [2.24, 2.45) is 7.05 Å². The Labute approximate surface area is 139 Å². The maximum Gasteiger partial charge on any atom is 0.270 e. The third-order valence-electron chi connectivity index (χ3n) is 3.58. The van der Waals surface area contributed by atoms with Crippen LogP contribution in [-0.2, 0) is 13.6 Å². The van der Waals surface area contributed by atoms with Crippen molar-refractivity contribution in [1.29, 1.82) is 0 Å². The molecule has 0 bridgehead atoms. The number of halogens is 1. The first-order valence-corrected chi connectivity index (χ1v) is 7.65. The summed E-state index contributed by atoms with van der Waals surface area (Å²) < 4.78 is 1.95. The summed E-state index contributed by atoms with van der Waals surface area (Å²) in [5, 5.41) is 10.9. The molecule has 2 aromatic rings. The number of non-ortho nitro benzene ring substituents is 1. The Kier molecular flexibility index (Phi) is 5.39. The molecule has 0 radical (unpaired) electrons. The van der Waals surface area contributed by atoms with E-state index >= 15 is 0 Å². The minimum absolute atomic E-state index is 0.0946. The minimum Gasteiger partial charge on any atom is -0.353 e. The number of nitrogens with zero attached hydrogens (tertiary/aromatic N) is 3. The molecule has 0 saturated heterocycles. The molecule has 6 nitrogen and oxygen atoms in total. The average molecular weight is 336 g/mol. The molecular formula is C16H18ClN3O3. The van der Waals surface area contributed by atoms with E-state index in [0.29, 0.717) is 13.1 Å². The van der Waals surface area contributed by atoms with Crippen LogP contribution in [0.5, 0.6) is 0 Å². The summed E-state index contributed by atoms with van der Waals surface area (Å²) in [5.74, 6) is -0.229. The van der Waals surface area contributed by atoms with E-state index in [1.165, 1.54) is 18.2 Å². The number of nitro benzene ring substituents is 1. The third-order valence-corrected chi connectivity index (χ3v) is 3.89. The second-order valence-electron chi connectivity index (χ2n) is 5.26. The van der Waals surface area contributed by atoms with Crippen molar-refractivity contribution in [2.75, 3.05) is 6.54 Å². The highest BCUT2D eigenvalue weighted by atomic mass is 35.5. The molecule has 0 unspecified atom stereocenters. The smallest absolute Gasteiger partial charge is 0.270 e. The fourth-order valence-electron chi connectivity index (χ4n) is 2.34. The Morgan fingerprint density at radius 1 is 1.39 bits per heavy atom. The van der Waals surface area contributed by atoms with Crippen LogP contribution in [0, 0.1) is 10.1 Å². The SMILES string of the molecule is CCCN(Cc1cccn1C)C(=O)c1ccc([N+](=O)[O-])cc1Cl. The molecule has 2 rings (SSSR count). The lowest BCUT2D eigenvalue weighted by molar-refractivity contribution is -0.384. The highest BCUT2D eigenvalue weighted by molar-refractivity contribution is 6.34. The molecule has 122 valence electrons. The Morgan fingerprint density at radius 3 is 2.65 bits per heavy atom. The Bertz CT molecular complexity index is 727. The van der Waals surface area contributed by atoms with Gasteiger partial charge in [-0.1, -0.05) is 18.5 Å². The molecule has 0 spiro atoms. The van der Waals surface area contributed by atoms with Gasteiger partial charge in [0.1, 0.15) is 0 Å². The van der Waals surface area contributed by atoms with Gasteiger partial charge in [-0.05, 0) is 24.6 Å². The summed E-state index contributed by atoms with van der Waals surface area (Å²) in [5.41, 5.74) is 1.15. The van der Waals surface area contributed by atoms with Gasteiger partial charge in [0.15, 0.2) is 0 Å². The van der Waals surface area contributed by atoms with E-state index in [9.17, 15) is 14.9 Å². The predicted molar refractivity (Wildman–Crippen MR) is 88.6 cm³/mol. The summed E-state index contributed by atoms with van der Waals surface area (Å²) in [6.45, 7) is 3.03. The van der Waals surface area contributed by atoms with Gasteiger partial charge in [-0.3, -0.25) is 14.9 Å². The highest BCUT2D eigenvalue weighted by Crippen LogP contribution is 2.24. The number of carbonyl (C=O) groups excluding carboxylic acids is 1. The van der Waals surface area contributed by atoms with Gasteiger partial charge in [0.25, 0.3) is 11.6 Å². The number of amides is 1. The first-order chi connectivity index (χ1) is 10.9. The Hall–Kier alpha value is -2.34. The number of nitro groups is 1. The van der Waals surface area contributed by atoms with Crippen LogP contribution in [0.1, 0.15) is 29.4 Å². The van der Waals surface area contributed by atoms with E-state index in [1.54, 1.807) is 4.90 Å². The highest BCUT2D eigenvalue weighted by Gasteiger charge is 2.21. The second-order valence-corrected chi connectivity index (χ2v) is 5.67. The molecule has 1 aromatic carbocycles. The van der Waals surface area contributed by atoms with Crippen molar-refractivity contribution in [1.82, 2.24) is 9.47 Å². The molecule has 0 aliphatic heterocycles. The maximum absolute atomic E-state index is 12.7. The molecule has 1 amide bonds. The molecule has 0 N–H and O–H groups in total. The van der Waals surface area contributed by atoms with Crippen molar-refractivity contribution in [3.63, 3.8) is 0 Å². The van der Waals surface area contributed by atoms with Gasteiger partial charge in [-0.15, -0.1) is 0 Å². The number of hydrogen-bond acceptors (Lipinski definition) is 3. The number of hydrogen-bond donors (Lipinski definition) is 0. The lowest BCUT2D eigenvalue weighted by Crippen LogP contribution is -2.32. The maximum atomic E-state index is 12.7. The van der Waals surface area contributed by atoms with Gasteiger partial charge in [-0.25, -0.2) is 0 Å². The zero-order valence-corrected chi connectivity index (χ0v) is 13.8. The largest absolute Gasteiger partial charge is 0.353 e. The monoisotopic (exact) mass is 335 g/mol. The van der Waals surface area contributed by atoms with E-state index < -0.39 is 4.92 Å². The van der Waals surface area contributed by atoms with Crippen LogP contribution in [0.2, 0.25) is 5.02 Å². The number of aryl methyl sites for hydroxylation is 1. The quantitative estimate of drug-likeness (QED) is 0.597. The van der Waals surface area contributed by atoms with Gasteiger partial charge < -0.3 is 9.47 Å². The van der Waals surface area contributed by atoms with Crippen molar-refractivity contribution in [3.8, 4) is 0 Å². The Morgan fingerprint density at radius 2 is 2.13 bits per heavy atom. The van der Waals surface area contributed by atoms with Crippen LogP contribution in [0.15, 0.2) is 36.5 Å². The zero-order chi connectivity index (χ0) is 17.0. The Balaban J connectivity index is 2.27. The van der Waals surface area contributed by atoms with Crippen LogP contribution < -0.4 is 0 Å². The van der Waals surface area contributed by atoms with Crippen LogP contribution in [0.4, 0.5) is 5.69 Å². The number of rotatable bonds is 6. The normalized spacial score (nSPS) is 10.6.